The Hall–Kier alpha value is -1.66. The predicted molar refractivity (Wildman–Crippen MR) is 260 cm³/mol. The van der Waals surface area contributed by atoms with Gasteiger partial charge in [0, 0.05) is 6.42 Å². The van der Waals surface area contributed by atoms with Crippen molar-refractivity contribution < 1.29 is 24.5 Å². The van der Waals surface area contributed by atoms with Crippen molar-refractivity contribution in [3.05, 3.63) is 24.3 Å². The van der Waals surface area contributed by atoms with Crippen molar-refractivity contribution >= 4 is 11.9 Å². The van der Waals surface area contributed by atoms with Crippen LogP contribution in [0.3, 0.4) is 0 Å². The highest BCUT2D eigenvalue weighted by atomic mass is 16.5. The SMILES string of the molecule is CCCCCCCCC/C=C/C=C/CCCCCC(=O)OC(CCCCCCCCCCCCC)CC(=O)NC(CO)C(O)CCCCCCCCCCCCCCCC. The van der Waals surface area contributed by atoms with E-state index in [4.69, 9.17) is 4.74 Å². The number of amides is 1. The number of rotatable bonds is 48. The van der Waals surface area contributed by atoms with E-state index in [-0.39, 0.29) is 24.9 Å². The molecule has 0 saturated heterocycles. The lowest BCUT2D eigenvalue weighted by molar-refractivity contribution is -0.151. The molecule has 0 aliphatic rings. The van der Waals surface area contributed by atoms with Gasteiger partial charge in [0.2, 0.25) is 5.91 Å². The fraction of sp³-hybridized carbons (Fsp3) is 0.889. The van der Waals surface area contributed by atoms with Gasteiger partial charge in [0.1, 0.15) is 6.10 Å². The number of unbranched alkanes of at least 4 members (excludes halogenated alkanes) is 33. The third kappa shape index (κ3) is 43.0. The summed E-state index contributed by atoms with van der Waals surface area (Å²) >= 11 is 0. The number of nitrogens with one attached hydrogen (secondary N) is 1. The van der Waals surface area contributed by atoms with Crippen LogP contribution >= 0.6 is 0 Å². The summed E-state index contributed by atoms with van der Waals surface area (Å²) in [6, 6.07) is -0.701. The molecule has 60 heavy (non-hydrogen) atoms. The van der Waals surface area contributed by atoms with Crippen molar-refractivity contribution in [2.75, 3.05) is 6.61 Å². The van der Waals surface area contributed by atoms with E-state index >= 15 is 0 Å². The largest absolute Gasteiger partial charge is 0.462 e. The van der Waals surface area contributed by atoms with Crippen LogP contribution in [0, 0.1) is 0 Å². The van der Waals surface area contributed by atoms with Crippen molar-refractivity contribution in [1.29, 1.82) is 0 Å². The van der Waals surface area contributed by atoms with E-state index in [9.17, 15) is 19.8 Å². The standard InChI is InChI=1S/C54H103NO5/c1-4-7-10-13-16-19-22-24-26-27-29-32-35-38-41-44-47-54(59)60-50(45-42-39-36-33-30-21-18-15-12-9-6-3)48-53(58)55-51(49-56)52(57)46-43-40-37-34-31-28-25-23-20-17-14-11-8-5-2/h26-27,29,32,50-52,56-57H,4-25,28,30-31,33-49H2,1-3H3,(H,55,58)/b27-26+,32-29+. The van der Waals surface area contributed by atoms with Crippen molar-refractivity contribution in [3.63, 3.8) is 0 Å². The van der Waals surface area contributed by atoms with Gasteiger partial charge in [0.25, 0.3) is 0 Å². The van der Waals surface area contributed by atoms with Gasteiger partial charge in [-0.2, -0.15) is 0 Å². The highest BCUT2D eigenvalue weighted by Crippen LogP contribution is 2.18. The molecule has 1 amide bonds. The number of aliphatic hydroxyl groups excluding tert-OH is 2. The van der Waals surface area contributed by atoms with Crippen molar-refractivity contribution in [2.24, 2.45) is 0 Å². The molecule has 3 N–H and O–H groups in total. The Morgan fingerprint density at radius 1 is 0.483 bits per heavy atom. The first kappa shape index (κ1) is 58.3. The van der Waals surface area contributed by atoms with Gasteiger partial charge in [-0.25, -0.2) is 0 Å². The van der Waals surface area contributed by atoms with Gasteiger partial charge in [0.15, 0.2) is 0 Å². The number of aliphatic hydroxyl groups is 2. The highest BCUT2D eigenvalue weighted by Gasteiger charge is 2.24. The lowest BCUT2D eigenvalue weighted by Crippen LogP contribution is -2.46. The van der Waals surface area contributed by atoms with Crippen molar-refractivity contribution in [3.8, 4) is 0 Å². The lowest BCUT2D eigenvalue weighted by Gasteiger charge is -2.24. The number of hydrogen-bond acceptors (Lipinski definition) is 5. The first-order chi connectivity index (χ1) is 29.5. The molecule has 3 unspecified atom stereocenters. The molecule has 6 heteroatoms. The third-order valence-electron chi connectivity index (χ3n) is 12.3. The Morgan fingerprint density at radius 2 is 0.833 bits per heavy atom. The van der Waals surface area contributed by atoms with E-state index in [0.717, 1.165) is 57.8 Å². The number of ether oxygens (including phenoxy) is 1. The molecule has 0 saturated carbocycles. The van der Waals surface area contributed by atoms with Crippen molar-refractivity contribution in [2.45, 2.75) is 302 Å². The highest BCUT2D eigenvalue weighted by molar-refractivity contribution is 5.77. The zero-order valence-corrected chi connectivity index (χ0v) is 40.4. The van der Waals surface area contributed by atoms with E-state index in [1.54, 1.807) is 0 Å². The van der Waals surface area contributed by atoms with Gasteiger partial charge >= 0.3 is 5.97 Å². The Bertz CT molecular complexity index is 950. The van der Waals surface area contributed by atoms with Gasteiger partial charge in [-0.05, 0) is 51.4 Å². The van der Waals surface area contributed by atoms with E-state index in [2.05, 4.69) is 50.4 Å². The van der Waals surface area contributed by atoms with Crippen LogP contribution in [0.4, 0.5) is 0 Å². The molecule has 0 aliphatic carbocycles. The molecular formula is C54H103NO5. The fourth-order valence-corrected chi connectivity index (χ4v) is 8.25. The molecule has 6 nitrogen and oxygen atoms in total. The number of carbonyl (C=O) groups excluding carboxylic acids is 2. The molecule has 0 aliphatic heterocycles. The van der Waals surface area contributed by atoms with Crippen LogP contribution in [-0.2, 0) is 14.3 Å². The Balaban J connectivity index is 4.53. The first-order valence-electron chi connectivity index (χ1n) is 26.6. The molecular weight excluding hydrogens is 743 g/mol. The van der Waals surface area contributed by atoms with E-state index in [1.807, 2.05) is 0 Å². The normalized spacial score (nSPS) is 13.3. The zero-order chi connectivity index (χ0) is 43.8. The second-order valence-electron chi connectivity index (χ2n) is 18.3. The van der Waals surface area contributed by atoms with Gasteiger partial charge in [-0.15, -0.1) is 0 Å². The predicted octanol–water partition coefficient (Wildman–Crippen LogP) is 15.9. The van der Waals surface area contributed by atoms with Crippen LogP contribution in [0.15, 0.2) is 24.3 Å². The molecule has 0 aromatic rings. The number of hydrogen-bond donors (Lipinski definition) is 3. The second kappa shape index (κ2) is 48.4. The van der Waals surface area contributed by atoms with Crippen LogP contribution in [0.2, 0.25) is 0 Å². The summed E-state index contributed by atoms with van der Waals surface area (Å²) in [5.74, 6) is -0.491. The van der Waals surface area contributed by atoms with Crippen LogP contribution in [0.25, 0.3) is 0 Å². The summed E-state index contributed by atoms with van der Waals surface area (Å²) in [6.45, 7) is 6.49. The first-order valence-corrected chi connectivity index (χ1v) is 26.6. The Labute approximate surface area is 373 Å². The average Bonchev–Trinajstić information content (AvgIpc) is 3.24. The lowest BCUT2D eigenvalue weighted by atomic mass is 10.0. The third-order valence-corrected chi connectivity index (χ3v) is 12.3. The van der Waals surface area contributed by atoms with Gasteiger partial charge in [-0.3, -0.25) is 9.59 Å². The summed E-state index contributed by atoms with van der Waals surface area (Å²) in [5.41, 5.74) is 0. The molecule has 3 atom stereocenters. The van der Waals surface area contributed by atoms with Crippen molar-refractivity contribution in [1.82, 2.24) is 5.32 Å². The topological polar surface area (TPSA) is 95.9 Å². The van der Waals surface area contributed by atoms with Crippen LogP contribution in [-0.4, -0.2) is 46.9 Å². The van der Waals surface area contributed by atoms with E-state index in [1.165, 1.54) is 180 Å². The second-order valence-corrected chi connectivity index (χ2v) is 18.3. The molecule has 0 bridgehead atoms. The monoisotopic (exact) mass is 846 g/mol. The fourth-order valence-electron chi connectivity index (χ4n) is 8.25. The van der Waals surface area contributed by atoms with Gasteiger partial charge in [-0.1, -0.05) is 244 Å². The maximum Gasteiger partial charge on any atom is 0.306 e. The Morgan fingerprint density at radius 3 is 1.23 bits per heavy atom. The number of carbonyl (C=O) groups is 2. The zero-order valence-electron chi connectivity index (χ0n) is 40.4. The average molecular weight is 846 g/mol. The number of allylic oxidation sites excluding steroid dienone is 4. The summed E-state index contributed by atoms with van der Waals surface area (Å²) in [4.78, 5) is 26.1. The summed E-state index contributed by atoms with van der Waals surface area (Å²) in [6.07, 6.45) is 55.2. The minimum atomic E-state index is -0.787. The molecule has 0 aromatic heterocycles. The molecule has 0 aromatic carbocycles. The van der Waals surface area contributed by atoms with E-state index < -0.39 is 18.2 Å². The number of esters is 1. The summed E-state index contributed by atoms with van der Waals surface area (Å²) in [7, 11) is 0. The Kier molecular flexibility index (Phi) is 47.0. The summed E-state index contributed by atoms with van der Waals surface area (Å²) in [5, 5.41) is 23.8. The maximum absolute atomic E-state index is 13.2. The van der Waals surface area contributed by atoms with Gasteiger partial charge < -0.3 is 20.3 Å². The smallest absolute Gasteiger partial charge is 0.306 e. The molecule has 0 radical (unpaired) electrons. The molecule has 354 valence electrons. The maximum atomic E-state index is 13.2. The molecule has 0 rings (SSSR count). The molecule has 0 heterocycles. The quantitative estimate of drug-likeness (QED) is 0.0322. The van der Waals surface area contributed by atoms with E-state index in [0.29, 0.717) is 19.3 Å². The minimum Gasteiger partial charge on any atom is -0.462 e. The van der Waals surface area contributed by atoms with Gasteiger partial charge in [0.05, 0.1) is 25.2 Å². The molecule has 0 fully saturated rings. The van der Waals surface area contributed by atoms with Crippen LogP contribution < -0.4 is 5.32 Å². The van der Waals surface area contributed by atoms with Crippen LogP contribution in [0.1, 0.15) is 284 Å². The molecule has 0 spiro atoms. The van der Waals surface area contributed by atoms with Crippen LogP contribution in [0.5, 0.6) is 0 Å². The minimum absolute atomic E-state index is 0.0723. The summed E-state index contributed by atoms with van der Waals surface area (Å²) < 4.78 is 5.92.